The Kier molecular flexibility index (Phi) is 5.51. The summed E-state index contributed by atoms with van der Waals surface area (Å²) in [4.78, 5) is 22.8. The zero-order valence-electron chi connectivity index (χ0n) is 11.2. The Morgan fingerprint density at radius 3 is 2.50 bits per heavy atom. The smallest absolute Gasteiger partial charge is 0.307 e. The van der Waals surface area contributed by atoms with Gasteiger partial charge in [-0.1, -0.05) is 12.1 Å². The number of carbonyl (C=O) groups is 2. The zero-order valence-corrected chi connectivity index (χ0v) is 12.0. The molecule has 0 bridgehead atoms. The molecule has 1 amide bonds. The Hall–Kier alpha value is -2.09. The lowest BCUT2D eigenvalue weighted by atomic mass is 10.1. The van der Waals surface area contributed by atoms with Crippen LogP contribution in [0.3, 0.4) is 0 Å². The maximum absolute atomic E-state index is 11.9. The molecule has 0 saturated heterocycles. The summed E-state index contributed by atoms with van der Waals surface area (Å²) in [5, 5.41) is 2.52. The van der Waals surface area contributed by atoms with Crippen molar-refractivity contribution in [2.75, 3.05) is 24.6 Å². The van der Waals surface area contributed by atoms with E-state index in [0.29, 0.717) is 0 Å². The molecule has 0 fully saturated rings. The minimum absolute atomic E-state index is 0.0455. The molecule has 110 valence electrons. The topological polar surface area (TPSA) is 102 Å². The first-order valence-electron chi connectivity index (χ1n) is 5.75. The van der Waals surface area contributed by atoms with Gasteiger partial charge in [0, 0.05) is 6.54 Å². The Morgan fingerprint density at radius 2 is 1.90 bits per heavy atom. The maximum atomic E-state index is 11.9. The number of ether oxygens (including phenoxy) is 1. The number of carbonyl (C=O) groups excluding carboxylic acids is 2. The molecule has 0 saturated carbocycles. The van der Waals surface area contributed by atoms with Crippen molar-refractivity contribution in [3.05, 3.63) is 29.8 Å². The second-order valence-corrected chi connectivity index (χ2v) is 5.75. The van der Waals surface area contributed by atoms with Crippen molar-refractivity contribution in [3.63, 3.8) is 0 Å². The summed E-state index contributed by atoms with van der Waals surface area (Å²) >= 11 is 0. The molecular weight excluding hydrogens is 284 g/mol. The van der Waals surface area contributed by atoms with E-state index < -0.39 is 21.9 Å². The van der Waals surface area contributed by atoms with Crippen LogP contribution in [-0.2, 0) is 19.6 Å². The third-order valence-corrected chi connectivity index (χ3v) is 2.90. The van der Waals surface area contributed by atoms with Gasteiger partial charge in [0.2, 0.25) is 10.0 Å². The van der Waals surface area contributed by atoms with Crippen molar-refractivity contribution in [1.29, 1.82) is 0 Å². The number of esters is 1. The van der Waals surface area contributed by atoms with E-state index in [1.165, 1.54) is 19.2 Å². The lowest BCUT2D eigenvalue weighted by Gasteiger charge is -2.10. The van der Waals surface area contributed by atoms with E-state index in [0.717, 1.165) is 6.26 Å². The normalized spacial score (nSPS) is 10.7. The molecule has 1 aromatic rings. The predicted octanol–water partition coefficient (Wildman–Crippen LogP) is 0.351. The first-order chi connectivity index (χ1) is 9.33. The third kappa shape index (κ3) is 5.27. The molecule has 1 rings (SSSR count). The summed E-state index contributed by atoms with van der Waals surface area (Å²) in [5.41, 5.74) is 0.369. The Morgan fingerprint density at radius 1 is 1.25 bits per heavy atom. The molecule has 0 unspecified atom stereocenters. The number of sulfonamides is 1. The molecule has 0 aliphatic rings. The van der Waals surface area contributed by atoms with Crippen LogP contribution in [0.1, 0.15) is 16.8 Å². The van der Waals surface area contributed by atoms with Crippen molar-refractivity contribution >= 4 is 27.6 Å². The van der Waals surface area contributed by atoms with Crippen molar-refractivity contribution in [2.45, 2.75) is 6.42 Å². The van der Waals surface area contributed by atoms with Gasteiger partial charge in [0.1, 0.15) is 0 Å². The minimum Gasteiger partial charge on any atom is -0.469 e. The summed E-state index contributed by atoms with van der Waals surface area (Å²) in [6.07, 6.45) is 1.04. The predicted molar refractivity (Wildman–Crippen MR) is 73.9 cm³/mol. The Balaban J connectivity index is 2.75. The van der Waals surface area contributed by atoms with Crippen LogP contribution in [-0.4, -0.2) is 40.2 Å². The van der Waals surface area contributed by atoms with Gasteiger partial charge >= 0.3 is 5.97 Å². The number of para-hydroxylation sites is 1. The molecule has 20 heavy (non-hydrogen) atoms. The first kappa shape index (κ1) is 16.0. The van der Waals surface area contributed by atoms with E-state index in [2.05, 4.69) is 14.8 Å². The number of anilines is 1. The first-order valence-corrected chi connectivity index (χ1v) is 7.64. The van der Waals surface area contributed by atoms with Crippen LogP contribution in [0, 0.1) is 0 Å². The summed E-state index contributed by atoms with van der Waals surface area (Å²) in [6.45, 7) is 0.110. The van der Waals surface area contributed by atoms with Crippen molar-refractivity contribution < 1.29 is 22.7 Å². The van der Waals surface area contributed by atoms with Gasteiger partial charge in [-0.15, -0.1) is 0 Å². The number of amides is 1. The average Bonchev–Trinajstić information content (AvgIpc) is 2.37. The van der Waals surface area contributed by atoms with Gasteiger partial charge < -0.3 is 10.1 Å². The van der Waals surface area contributed by atoms with Crippen molar-refractivity contribution in [1.82, 2.24) is 5.32 Å². The standard InChI is InChI=1S/C12H16N2O5S/c1-19-11(15)7-8-13-12(16)9-5-3-4-6-10(9)14-20(2,17)18/h3-6,14H,7-8H2,1-2H3,(H,13,16). The summed E-state index contributed by atoms with van der Waals surface area (Å²) in [5.74, 6) is -0.909. The van der Waals surface area contributed by atoms with E-state index in [-0.39, 0.29) is 24.2 Å². The molecule has 1 aromatic carbocycles. The van der Waals surface area contributed by atoms with Gasteiger partial charge in [0.25, 0.3) is 5.91 Å². The van der Waals surface area contributed by atoms with Gasteiger partial charge in [-0.2, -0.15) is 0 Å². The van der Waals surface area contributed by atoms with Crippen molar-refractivity contribution in [2.24, 2.45) is 0 Å². The van der Waals surface area contributed by atoms with Gasteiger partial charge in [-0.3, -0.25) is 14.3 Å². The van der Waals surface area contributed by atoms with E-state index in [1.807, 2.05) is 0 Å². The van der Waals surface area contributed by atoms with E-state index in [9.17, 15) is 18.0 Å². The van der Waals surface area contributed by atoms with Crippen LogP contribution in [0.25, 0.3) is 0 Å². The number of nitrogens with one attached hydrogen (secondary N) is 2. The molecule has 0 spiro atoms. The molecule has 7 nitrogen and oxygen atoms in total. The van der Waals surface area contributed by atoms with Gasteiger partial charge in [-0.05, 0) is 12.1 Å². The highest BCUT2D eigenvalue weighted by atomic mass is 32.2. The molecule has 0 aliphatic carbocycles. The molecular formula is C12H16N2O5S. The van der Waals surface area contributed by atoms with Gasteiger partial charge in [0.05, 0.1) is 31.0 Å². The highest BCUT2D eigenvalue weighted by Crippen LogP contribution is 2.15. The molecule has 0 radical (unpaired) electrons. The third-order valence-electron chi connectivity index (χ3n) is 2.31. The second kappa shape index (κ2) is 6.90. The minimum atomic E-state index is -3.48. The summed E-state index contributed by atoms with van der Waals surface area (Å²) in [7, 11) is -2.22. The lowest BCUT2D eigenvalue weighted by Crippen LogP contribution is -2.27. The fourth-order valence-electron chi connectivity index (χ4n) is 1.45. The number of hydrogen-bond acceptors (Lipinski definition) is 5. The monoisotopic (exact) mass is 300 g/mol. The molecule has 0 atom stereocenters. The number of benzene rings is 1. The van der Waals surface area contributed by atoms with Gasteiger partial charge in [0.15, 0.2) is 0 Å². The average molecular weight is 300 g/mol. The van der Waals surface area contributed by atoms with Crippen molar-refractivity contribution in [3.8, 4) is 0 Å². The van der Waals surface area contributed by atoms with Crippen LogP contribution in [0.5, 0.6) is 0 Å². The highest BCUT2D eigenvalue weighted by molar-refractivity contribution is 7.92. The number of methoxy groups -OCH3 is 1. The fraction of sp³-hybridized carbons (Fsp3) is 0.333. The second-order valence-electron chi connectivity index (χ2n) is 4.00. The maximum Gasteiger partial charge on any atom is 0.307 e. The Labute approximate surface area is 117 Å². The van der Waals surface area contributed by atoms with Crippen LogP contribution >= 0.6 is 0 Å². The summed E-state index contributed by atoms with van der Waals surface area (Å²) in [6, 6.07) is 6.19. The van der Waals surface area contributed by atoms with E-state index in [1.54, 1.807) is 12.1 Å². The number of hydrogen-bond donors (Lipinski definition) is 2. The van der Waals surface area contributed by atoms with Crippen LogP contribution in [0.4, 0.5) is 5.69 Å². The van der Waals surface area contributed by atoms with E-state index in [4.69, 9.17) is 0 Å². The fourth-order valence-corrected chi connectivity index (χ4v) is 2.02. The van der Waals surface area contributed by atoms with E-state index >= 15 is 0 Å². The van der Waals surface area contributed by atoms with Gasteiger partial charge in [-0.25, -0.2) is 8.42 Å². The SMILES string of the molecule is COC(=O)CCNC(=O)c1ccccc1NS(C)(=O)=O. The lowest BCUT2D eigenvalue weighted by molar-refractivity contribution is -0.140. The molecule has 0 heterocycles. The molecule has 0 aromatic heterocycles. The largest absolute Gasteiger partial charge is 0.469 e. The van der Waals surface area contributed by atoms with Crippen LogP contribution in [0.15, 0.2) is 24.3 Å². The Bertz CT molecular complexity index is 598. The quantitative estimate of drug-likeness (QED) is 0.738. The van der Waals surface area contributed by atoms with Crippen LogP contribution < -0.4 is 10.0 Å². The van der Waals surface area contributed by atoms with Crippen LogP contribution in [0.2, 0.25) is 0 Å². The highest BCUT2D eigenvalue weighted by Gasteiger charge is 2.13. The molecule has 0 aliphatic heterocycles. The zero-order chi connectivity index (χ0) is 15.2. The molecule has 2 N–H and O–H groups in total. The summed E-state index contributed by atoms with van der Waals surface area (Å²) < 4.78 is 29.1. The number of rotatable bonds is 6. The molecule has 8 heteroatoms.